The van der Waals surface area contributed by atoms with E-state index in [2.05, 4.69) is 35.0 Å². The third-order valence-electron chi connectivity index (χ3n) is 3.25. The van der Waals surface area contributed by atoms with Crippen LogP contribution in [0.1, 0.15) is 24.5 Å². The zero-order valence-electron chi connectivity index (χ0n) is 11.2. The second kappa shape index (κ2) is 6.90. The minimum Gasteiger partial charge on any atom is -0.342 e. The highest BCUT2D eigenvalue weighted by molar-refractivity contribution is 9.10. The van der Waals surface area contributed by atoms with E-state index in [-0.39, 0.29) is 11.9 Å². The molecule has 0 saturated heterocycles. The van der Waals surface area contributed by atoms with Crippen molar-refractivity contribution in [1.82, 2.24) is 4.90 Å². The van der Waals surface area contributed by atoms with Crippen molar-refractivity contribution in [3.8, 4) is 0 Å². The van der Waals surface area contributed by atoms with Gasteiger partial charge in [-0.15, -0.1) is 0 Å². The van der Waals surface area contributed by atoms with Crippen molar-refractivity contribution in [1.29, 1.82) is 0 Å². The van der Waals surface area contributed by atoms with E-state index in [1.54, 1.807) is 4.90 Å². The van der Waals surface area contributed by atoms with E-state index < -0.39 is 0 Å². The number of rotatable bonds is 5. The summed E-state index contributed by atoms with van der Waals surface area (Å²) in [7, 11) is 1.81. The molecular formula is C14H21BrN2O. The van der Waals surface area contributed by atoms with Crippen LogP contribution in [0, 0.1) is 6.92 Å². The van der Waals surface area contributed by atoms with Gasteiger partial charge in [0.15, 0.2) is 0 Å². The predicted molar refractivity (Wildman–Crippen MR) is 78.5 cm³/mol. The van der Waals surface area contributed by atoms with Crippen LogP contribution < -0.4 is 5.73 Å². The number of nitrogens with zero attached hydrogens (tertiary/aromatic N) is 1. The van der Waals surface area contributed by atoms with Crippen LogP contribution in [0.3, 0.4) is 0 Å². The van der Waals surface area contributed by atoms with Crippen molar-refractivity contribution in [2.75, 3.05) is 13.6 Å². The summed E-state index contributed by atoms with van der Waals surface area (Å²) in [6.45, 7) is 4.51. The number of amides is 1. The molecule has 0 aliphatic rings. The van der Waals surface area contributed by atoms with Crippen LogP contribution >= 0.6 is 15.9 Å². The number of likely N-dealkylation sites (N-methyl/N-ethyl adjacent to an activating group) is 1. The van der Waals surface area contributed by atoms with Crippen molar-refractivity contribution < 1.29 is 4.79 Å². The van der Waals surface area contributed by atoms with Crippen molar-refractivity contribution in [2.45, 2.75) is 32.7 Å². The smallest absolute Gasteiger partial charge is 0.222 e. The van der Waals surface area contributed by atoms with Crippen molar-refractivity contribution >= 4 is 21.8 Å². The van der Waals surface area contributed by atoms with E-state index in [4.69, 9.17) is 5.73 Å². The van der Waals surface area contributed by atoms with Crippen LogP contribution in [-0.2, 0) is 11.2 Å². The molecule has 0 fully saturated rings. The second-order valence-corrected chi connectivity index (χ2v) is 5.53. The van der Waals surface area contributed by atoms with Gasteiger partial charge in [-0.05, 0) is 37.5 Å². The third-order valence-corrected chi connectivity index (χ3v) is 4.14. The summed E-state index contributed by atoms with van der Waals surface area (Å²) in [6, 6.07) is 6.30. The Kier molecular flexibility index (Phi) is 5.82. The Bertz CT molecular complexity index is 420. The predicted octanol–water partition coefficient (Wildman–Crippen LogP) is 2.50. The van der Waals surface area contributed by atoms with Crippen LogP contribution in [0.15, 0.2) is 22.7 Å². The molecule has 0 radical (unpaired) electrons. The van der Waals surface area contributed by atoms with Gasteiger partial charge in [0.1, 0.15) is 0 Å². The largest absolute Gasteiger partial charge is 0.342 e. The third kappa shape index (κ3) is 4.10. The summed E-state index contributed by atoms with van der Waals surface area (Å²) in [5.74, 6) is 0.147. The highest BCUT2D eigenvalue weighted by Gasteiger charge is 2.13. The summed E-state index contributed by atoms with van der Waals surface area (Å²) < 4.78 is 1.10. The van der Waals surface area contributed by atoms with E-state index in [0.29, 0.717) is 13.0 Å². The molecule has 1 amide bonds. The maximum atomic E-state index is 11.9. The van der Waals surface area contributed by atoms with E-state index in [1.807, 2.05) is 20.0 Å². The van der Waals surface area contributed by atoms with Crippen molar-refractivity contribution in [3.63, 3.8) is 0 Å². The fourth-order valence-corrected chi connectivity index (χ4v) is 1.94. The summed E-state index contributed by atoms with van der Waals surface area (Å²) >= 11 is 3.47. The Hall–Kier alpha value is -0.870. The first-order valence-electron chi connectivity index (χ1n) is 6.16. The van der Waals surface area contributed by atoms with Gasteiger partial charge < -0.3 is 10.6 Å². The number of hydrogen-bond acceptors (Lipinski definition) is 2. The lowest BCUT2D eigenvalue weighted by Crippen LogP contribution is -2.39. The lowest BCUT2D eigenvalue weighted by Gasteiger charge is -2.23. The summed E-state index contributed by atoms with van der Waals surface area (Å²) in [5.41, 5.74) is 7.95. The summed E-state index contributed by atoms with van der Waals surface area (Å²) in [5, 5.41) is 0. The average Bonchev–Trinajstić information content (AvgIpc) is 2.37. The maximum absolute atomic E-state index is 11.9. The lowest BCUT2D eigenvalue weighted by atomic mass is 10.1. The molecule has 0 bridgehead atoms. The first-order valence-corrected chi connectivity index (χ1v) is 6.95. The fraction of sp³-hybridized carbons (Fsp3) is 0.500. The Morgan fingerprint density at radius 1 is 1.50 bits per heavy atom. The number of carbonyl (C=O) groups excluding carboxylic acids is 1. The number of aryl methyl sites for hydroxylation is 2. The van der Waals surface area contributed by atoms with E-state index in [1.165, 1.54) is 11.1 Å². The Morgan fingerprint density at radius 3 is 2.72 bits per heavy atom. The van der Waals surface area contributed by atoms with Gasteiger partial charge in [-0.3, -0.25) is 4.79 Å². The van der Waals surface area contributed by atoms with Crippen molar-refractivity contribution in [3.05, 3.63) is 33.8 Å². The maximum Gasteiger partial charge on any atom is 0.222 e. The van der Waals surface area contributed by atoms with Gasteiger partial charge in [-0.2, -0.15) is 0 Å². The number of hydrogen-bond donors (Lipinski definition) is 1. The van der Waals surface area contributed by atoms with Gasteiger partial charge >= 0.3 is 0 Å². The molecule has 1 unspecified atom stereocenters. The molecule has 0 aliphatic heterocycles. The van der Waals surface area contributed by atoms with Gasteiger partial charge in [0.25, 0.3) is 0 Å². The van der Waals surface area contributed by atoms with Crippen LogP contribution in [0.4, 0.5) is 0 Å². The van der Waals surface area contributed by atoms with Crippen LogP contribution in [0.2, 0.25) is 0 Å². The van der Waals surface area contributed by atoms with E-state index in [0.717, 1.165) is 10.9 Å². The molecule has 1 atom stereocenters. The van der Waals surface area contributed by atoms with Gasteiger partial charge in [-0.25, -0.2) is 0 Å². The van der Waals surface area contributed by atoms with Gasteiger partial charge in [0.2, 0.25) is 5.91 Å². The van der Waals surface area contributed by atoms with Gasteiger partial charge in [-0.1, -0.05) is 28.1 Å². The first kappa shape index (κ1) is 15.2. The van der Waals surface area contributed by atoms with Gasteiger partial charge in [0.05, 0.1) is 0 Å². The topological polar surface area (TPSA) is 46.3 Å². The number of nitrogens with two attached hydrogens (primary N) is 1. The Morgan fingerprint density at radius 2 is 2.17 bits per heavy atom. The van der Waals surface area contributed by atoms with E-state index in [9.17, 15) is 4.79 Å². The highest BCUT2D eigenvalue weighted by Crippen LogP contribution is 2.18. The number of benzene rings is 1. The molecule has 0 spiro atoms. The van der Waals surface area contributed by atoms with E-state index >= 15 is 0 Å². The Balaban J connectivity index is 2.54. The Labute approximate surface area is 117 Å². The van der Waals surface area contributed by atoms with Crippen molar-refractivity contribution in [2.24, 2.45) is 5.73 Å². The minimum absolute atomic E-state index is 0.101. The fourth-order valence-electron chi connectivity index (χ4n) is 1.69. The van der Waals surface area contributed by atoms with Gasteiger partial charge in [0, 0.05) is 30.5 Å². The van der Waals surface area contributed by atoms with Crippen LogP contribution in [-0.4, -0.2) is 30.4 Å². The normalized spacial score (nSPS) is 12.3. The lowest BCUT2D eigenvalue weighted by molar-refractivity contribution is -0.131. The molecule has 3 nitrogen and oxygen atoms in total. The molecule has 1 aromatic rings. The summed E-state index contributed by atoms with van der Waals surface area (Å²) in [4.78, 5) is 13.7. The van der Waals surface area contributed by atoms with Crippen LogP contribution in [0.25, 0.3) is 0 Å². The number of carbonyl (C=O) groups is 1. The molecule has 4 heteroatoms. The zero-order valence-corrected chi connectivity index (χ0v) is 12.8. The molecule has 0 heterocycles. The monoisotopic (exact) mass is 312 g/mol. The molecule has 100 valence electrons. The summed E-state index contributed by atoms with van der Waals surface area (Å²) in [6.07, 6.45) is 1.30. The molecule has 1 rings (SSSR count). The minimum atomic E-state index is 0.101. The molecule has 0 aliphatic carbocycles. The molecule has 1 aromatic carbocycles. The quantitative estimate of drug-likeness (QED) is 0.908. The molecular weight excluding hydrogens is 292 g/mol. The average molecular weight is 313 g/mol. The first-order chi connectivity index (χ1) is 8.45. The van der Waals surface area contributed by atoms with Crippen LogP contribution in [0.5, 0.6) is 0 Å². The molecule has 0 saturated carbocycles. The molecule has 18 heavy (non-hydrogen) atoms. The standard InChI is InChI=1S/C14H21BrN2O/c1-10-8-12(4-6-13(10)15)5-7-14(18)17(3)11(2)9-16/h4,6,8,11H,5,7,9,16H2,1-3H3. The second-order valence-electron chi connectivity index (χ2n) is 4.67. The highest BCUT2D eigenvalue weighted by atomic mass is 79.9. The molecule has 2 N–H and O–H groups in total. The molecule has 0 aromatic heterocycles. The number of halogens is 1. The SMILES string of the molecule is Cc1cc(CCC(=O)N(C)C(C)CN)ccc1Br. The zero-order chi connectivity index (χ0) is 13.7.